The second-order valence-corrected chi connectivity index (χ2v) is 8.17. The van der Waals surface area contributed by atoms with Crippen molar-refractivity contribution in [2.45, 2.75) is 33.1 Å². The highest BCUT2D eigenvalue weighted by molar-refractivity contribution is 6.30. The molecule has 2 aliphatic rings. The lowest BCUT2D eigenvalue weighted by atomic mass is 9.84. The number of amides is 1. The molecule has 134 valence electrons. The van der Waals surface area contributed by atoms with Crippen molar-refractivity contribution in [2.75, 3.05) is 26.2 Å². The highest BCUT2D eigenvalue weighted by Crippen LogP contribution is 2.31. The molecule has 3 nitrogen and oxygen atoms in total. The third-order valence-electron chi connectivity index (χ3n) is 5.42. The number of fused-ring (bicyclic) bond motifs is 1. The van der Waals surface area contributed by atoms with E-state index in [1.165, 1.54) is 0 Å². The number of hydrogen-bond acceptors (Lipinski definition) is 2. The molecule has 1 aromatic rings. The number of hydrogen-bond donors (Lipinski definition) is 1. The summed E-state index contributed by atoms with van der Waals surface area (Å²) in [4.78, 5) is 15.2. The Kier molecular flexibility index (Phi) is 6.58. The number of benzene rings is 1. The first kappa shape index (κ1) is 19.6. The molecule has 0 aliphatic carbocycles. The molecule has 2 saturated heterocycles. The Morgan fingerprint density at radius 3 is 2.46 bits per heavy atom. The van der Waals surface area contributed by atoms with Gasteiger partial charge in [-0.25, -0.2) is 0 Å². The van der Waals surface area contributed by atoms with Crippen molar-refractivity contribution in [3.63, 3.8) is 0 Å². The van der Waals surface area contributed by atoms with Gasteiger partial charge in [-0.05, 0) is 61.9 Å². The minimum atomic E-state index is -0.387. The number of rotatable bonds is 3. The van der Waals surface area contributed by atoms with E-state index in [1.807, 2.05) is 18.2 Å². The van der Waals surface area contributed by atoms with Gasteiger partial charge < -0.3 is 10.2 Å². The predicted molar refractivity (Wildman–Crippen MR) is 102 cm³/mol. The summed E-state index contributed by atoms with van der Waals surface area (Å²) >= 11 is 6.08. The SMILES string of the molecule is CC(C)(Cc1cccc(Cl)c1)C(=O)N1CC[C@@H]2CNC[C@@H]2CC1.Cl. The molecule has 5 heteroatoms. The monoisotopic (exact) mass is 370 g/mol. The number of nitrogens with zero attached hydrogens (tertiary/aromatic N) is 1. The fraction of sp³-hybridized carbons (Fsp3) is 0.632. The Hall–Kier alpha value is -0.770. The Morgan fingerprint density at radius 1 is 1.25 bits per heavy atom. The highest BCUT2D eigenvalue weighted by Gasteiger charge is 2.36. The zero-order valence-electron chi connectivity index (χ0n) is 14.6. The quantitative estimate of drug-likeness (QED) is 0.877. The standard InChI is InChI=1S/C19H27ClN2O.ClH/c1-19(2,11-14-4-3-5-17(20)10-14)18(23)22-8-6-15-12-21-13-16(15)7-9-22;/h3-5,10,15-16,21H,6-9,11-13H2,1-2H3;1H/t15-,16+;. The van der Waals surface area contributed by atoms with Crippen molar-refractivity contribution in [1.29, 1.82) is 0 Å². The van der Waals surface area contributed by atoms with Gasteiger partial charge in [-0.2, -0.15) is 0 Å². The van der Waals surface area contributed by atoms with Crippen LogP contribution in [-0.4, -0.2) is 37.0 Å². The number of nitrogens with one attached hydrogen (secondary N) is 1. The van der Waals surface area contributed by atoms with Gasteiger partial charge in [-0.15, -0.1) is 12.4 Å². The summed E-state index contributed by atoms with van der Waals surface area (Å²) in [5, 5.41) is 4.23. The molecule has 2 atom stereocenters. The van der Waals surface area contributed by atoms with E-state index in [1.54, 1.807) is 0 Å². The van der Waals surface area contributed by atoms with Crippen LogP contribution < -0.4 is 5.32 Å². The smallest absolute Gasteiger partial charge is 0.228 e. The van der Waals surface area contributed by atoms with Gasteiger partial charge in [-0.3, -0.25) is 4.79 Å². The fourth-order valence-corrected chi connectivity index (χ4v) is 4.29. The van der Waals surface area contributed by atoms with Crippen LogP contribution in [-0.2, 0) is 11.2 Å². The van der Waals surface area contributed by atoms with Gasteiger partial charge in [0.2, 0.25) is 5.91 Å². The van der Waals surface area contributed by atoms with Crippen molar-refractivity contribution in [3.05, 3.63) is 34.9 Å². The topological polar surface area (TPSA) is 32.3 Å². The Bertz CT molecular complexity index is 562. The van der Waals surface area contributed by atoms with Crippen molar-refractivity contribution in [1.82, 2.24) is 10.2 Å². The molecule has 1 amide bonds. The molecule has 0 aromatic heterocycles. The molecule has 24 heavy (non-hydrogen) atoms. The average Bonchev–Trinajstić information content (AvgIpc) is 2.85. The van der Waals surface area contributed by atoms with Crippen LogP contribution in [0.25, 0.3) is 0 Å². The fourth-order valence-electron chi connectivity index (χ4n) is 4.08. The molecule has 1 aromatic carbocycles. The van der Waals surface area contributed by atoms with Crippen LogP contribution in [0.4, 0.5) is 0 Å². The summed E-state index contributed by atoms with van der Waals surface area (Å²) in [7, 11) is 0. The molecule has 1 N–H and O–H groups in total. The van der Waals surface area contributed by atoms with Crippen molar-refractivity contribution < 1.29 is 4.79 Å². The molecule has 2 fully saturated rings. The van der Waals surface area contributed by atoms with E-state index in [0.29, 0.717) is 0 Å². The third-order valence-corrected chi connectivity index (χ3v) is 5.66. The lowest BCUT2D eigenvalue weighted by Gasteiger charge is -2.31. The van der Waals surface area contributed by atoms with E-state index >= 15 is 0 Å². The van der Waals surface area contributed by atoms with Gasteiger partial charge in [0.15, 0.2) is 0 Å². The number of halogens is 2. The molecule has 0 unspecified atom stereocenters. The number of likely N-dealkylation sites (tertiary alicyclic amines) is 1. The Balaban J connectivity index is 0.00000208. The first-order valence-electron chi connectivity index (χ1n) is 8.70. The van der Waals surface area contributed by atoms with E-state index in [0.717, 1.165) is 67.9 Å². The predicted octanol–water partition coefficient (Wildman–Crippen LogP) is 3.79. The molecule has 3 rings (SSSR count). The van der Waals surface area contributed by atoms with Crippen LogP contribution in [0.3, 0.4) is 0 Å². The van der Waals surface area contributed by atoms with Crippen LogP contribution in [0, 0.1) is 17.3 Å². The number of carbonyl (C=O) groups is 1. The largest absolute Gasteiger partial charge is 0.342 e. The summed E-state index contributed by atoms with van der Waals surface area (Å²) in [6.07, 6.45) is 3.00. The van der Waals surface area contributed by atoms with Crippen molar-refractivity contribution in [3.8, 4) is 0 Å². The van der Waals surface area contributed by atoms with Gasteiger partial charge in [-0.1, -0.05) is 37.6 Å². The van der Waals surface area contributed by atoms with Gasteiger partial charge in [0.1, 0.15) is 0 Å². The average molecular weight is 371 g/mol. The third kappa shape index (κ3) is 4.44. The molecule has 2 heterocycles. The van der Waals surface area contributed by atoms with Crippen LogP contribution in [0.2, 0.25) is 5.02 Å². The van der Waals surface area contributed by atoms with Crippen molar-refractivity contribution >= 4 is 29.9 Å². The second-order valence-electron chi connectivity index (χ2n) is 7.74. The summed E-state index contributed by atoms with van der Waals surface area (Å²) < 4.78 is 0. The molecule has 0 spiro atoms. The Morgan fingerprint density at radius 2 is 1.88 bits per heavy atom. The van der Waals surface area contributed by atoms with Gasteiger partial charge in [0.25, 0.3) is 0 Å². The molecule has 2 aliphatic heterocycles. The lowest BCUT2D eigenvalue weighted by Crippen LogP contribution is -2.42. The zero-order valence-corrected chi connectivity index (χ0v) is 16.1. The summed E-state index contributed by atoms with van der Waals surface area (Å²) in [5.74, 6) is 1.79. The Labute approximate surface area is 156 Å². The molecule has 0 saturated carbocycles. The molecular weight excluding hydrogens is 343 g/mol. The van der Waals surface area contributed by atoms with Crippen LogP contribution in [0.5, 0.6) is 0 Å². The minimum absolute atomic E-state index is 0. The highest BCUT2D eigenvalue weighted by atomic mass is 35.5. The normalized spacial score (nSPS) is 24.0. The summed E-state index contributed by atoms with van der Waals surface area (Å²) in [6.45, 7) is 8.17. The summed E-state index contributed by atoms with van der Waals surface area (Å²) in [5.41, 5.74) is 0.745. The number of carbonyl (C=O) groups excluding carboxylic acids is 1. The van der Waals surface area contributed by atoms with E-state index in [4.69, 9.17) is 11.6 Å². The van der Waals surface area contributed by atoms with E-state index in [2.05, 4.69) is 30.1 Å². The van der Waals surface area contributed by atoms with Crippen LogP contribution in [0.1, 0.15) is 32.3 Å². The van der Waals surface area contributed by atoms with Gasteiger partial charge in [0, 0.05) is 23.5 Å². The summed E-state index contributed by atoms with van der Waals surface area (Å²) in [6, 6.07) is 7.86. The first-order valence-corrected chi connectivity index (χ1v) is 9.08. The van der Waals surface area contributed by atoms with Crippen LogP contribution in [0.15, 0.2) is 24.3 Å². The van der Waals surface area contributed by atoms with Crippen LogP contribution >= 0.6 is 24.0 Å². The maximum absolute atomic E-state index is 13.1. The lowest BCUT2D eigenvalue weighted by molar-refractivity contribution is -0.140. The maximum Gasteiger partial charge on any atom is 0.228 e. The van der Waals surface area contributed by atoms with E-state index in [-0.39, 0.29) is 23.7 Å². The zero-order chi connectivity index (χ0) is 16.4. The molecular formula is C19H28Cl2N2O. The van der Waals surface area contributed by atoms with Gasteiger partial charge in [0.05, 0.1) is 0 Å². The minimum Gasteiger partial charge on any atom is -0.342 e. The molecule has 0 bridgehead atoms. The van der Waals surface area contributed by atoms with Gasteiger partial charge >= 0.3 is 0 Å². The van der Waals surface area contributed by atoms with E-state index < -0.39 is 0 Å². The first-order chi connectivity index (χ1) is 11.0. The van der Waals surface area contributed by atoms with E-state index in [9.17, 15) is 4.79 Å². The second kappa shape index (κ2) is 8.07. The van der Waals surface area contributed by atoms with Crippen molar-refractivity contribution in [2.24, 2.45) is 17.3 Å². The molecule has 0 radical (unpaired) electrons. The maximum atomic E-state index is 13.1.